The Morgan fingerprint density at radius 2 is 2.37 bits per heavy atom. The fourth-order valence-electron chi connectivity index (χ4n) is 2.27. The minimum atomic E-state index is 0.0398. The van der Waals surface area contributed by atoms with Gasteiger partial charge in [0.1, 0.15) is 12.2 Å². The number of hydrogen-bond donors (Lipinski definition) is 2. The molecule has 5 nitrogen and oxygen atoms in total. The lowest BCUT2D eigenvalue weighted by Crippen LogP contribution is -2.29. The van der Waals surface area contributed by atoms with Crippen LogP contribution in [-0.4, -0.2) is 22.0 Å². The molecule has 1 saturated carbocycles. The van der Waals surface area contributed by atoms with E-state index in [1.807, 2.05) is 22.9 Å². The quantitative estimate of drug-likeness (QED) is 0.841. The molecule has 1 aliphatic carbocycles. The summed E-state index contributed by atoms with van der Waals surface area (Å²) in [5.74, 6) is 0.737. The topological polar surface area (TPSA) is 72.9 Å². The molecular weight excluding hydrogens is 240 g/mol. The van der Waals surface area contributed by atoms with Crippen molar-refractivity contribution in [3.05, 3.63) is 30.1 Å². The molecule has 0 aliphatic heterocycles. The van der Waals surface area contributed by atoms with E-state index in [1.54, 1.807) is 6.20 Å². The first-order chi connectivity index (χ1) is 9.28. The summed E-state index contributed by atoms with van der Waals surface area (Å²) in [6.07, 6.45) is 6.15. The molecular formula is C14H18N4O. The van der Waals surface area contributed by atoms with Gasteiger partial charge in [-0.05, 0) is 36.5 Å². The Morgan fingerprint density at radius 1 is 1.53 bits per heavy atom. The highest BCUT2D eigenvalue weighted by atomic mass is 16.1. The van der Waals surface area contributed by atoms with Crippen molar-refractivity contribution in [3.63, 3.8) is 0 Å². The van der Waals surface area contributed by atoms with Gasteiger partial charge in [-0.2, -0.15) is 0 Å². The van der Waals surface area contributed by atoms with Crippen molar-refractivity contribution in [1.29, 1.82) is 0 Å². The maximum atomic E-state index is 11.9. The molecule has 2 heterocycles. The molecule has 0 atom stereocenters. The molecule has 0 saturated heterocycles. The van der Waals surface area contributed by atoms with Crippen LogP contribution in [0.3, 0.4) is 0 Å². The van der Waals surface area contributed by atoms with E-state index >= 15 is 0 Å². The summed E-state index contributed by atoms with van der Waals surface area (Å²) >= 11 is 0. The van der Waals surface area contributed by atoms with E-state index in [-0.39, 0.29) is 5.91 Å². The fourth-order valence-corrected chi connectivity index (χ4v) is 2.27. The highest BCUT2D eigenvalue weighted by Crippen LogP contribution is 2.27. The van der Waals surface area contributed by atoms with E-state index in [1.165, 1.54) is 12.8 Å². The summed E-state index contributed by atoms with van der Waals surface area (Å²) in [4.78, 5) is 16.2. The average Bonchev–Trinajstić information content (AvgIpc) is 3.20. The van der Waals surface area contributed by atoms with Crippen molar-refractivity contribution >= 4 is 16.9 Å². The van der Waals surface area contributed by atoms with Crippen molar-refractivity contribution in [2.45, 2.75) is 25.9 Å². The van der Waals surface area contributed by atoms with Crippen LogP contribution in [0.2, 0.25) is 0 Å². The predicted molar refractivity (Wildman–Crippen MR) is 73.4 cm³/mol. The SMILES string of the molecule is NCc1cn(CC(=O)NCC2CC2)c2ncccc12. The Balaban J connectivity index is 1.77. The van der Waals surface area contributed by atoms with Gasteiger partial charge in [-0.3, -0.25) is 4.79 Å². The van der Waals surface area contributed by atoms with Crippen molar-refractivity contribution in [2.75, 3.05) is 6.54 Å². The van der Waals surface area contributed by atoms with Crippen LogP contribution in [0.25, 0.3) is 11.0 Å². The fraction of sp³-hybridized carbons (Fsp3) is 0.429. The summed E-state index contributed by atoms with van der Waals surface area (Å²) in [5, 5.41) is 3.99. The van der Waals surface area contributed by atoms with Gasteiger partial charge < -0.3 is 15.6 Å². The Morgan fingerprint density at radius 3 is 3.11 bits per heavy atom. The van der Waals surface area contributed by atoms with Crippen LogP contribution in [0.1, 0.15) is 18.4 Å². The molecule has 100 valence electrons. The van der Waals surface area contributed by atoms with Crippen LogP contribution in [0.15, 0.2) is 24.5 Å². The maximum absolute atomic E-state index is 11.9. The van der Waals surface area contributed by atoms with Crippen LogP contribution >= 0.6 is 0 Å². The summed E-state index contributed by atoms with van der Waals surface area (Å²) in [6.45, 7) is 1.56. The minimum absolute atomic E-state index is 0.0398. The third kappa shape index (κ3) is 2.61. The standard InChI is InChI=1S/C14H18N4O/c15-6-11-8-18(14-12(11)2-1-5-16-14)9-13(19)17-7-10-3-4-10/h1-2,5,8,10H,3-4,6-7,9,15H2,(H,17,19). The van der Waals surface area contributed by atoms with Crippen LogP contribution in [-0.2, 0) is 17.9 Å². The number of carbonyl (C=O) groups is 1. The number of nitrogens with zero attached hydrogens (tertiary/aromatic N) is 2. The van der Waals surface area contributed by atoms with Gasteiger partial charge in [0, 0.05) is 30.9 Å². The van der Waals surface area contributed by atoms with Gasteiger partial charge in [-0.1, -0.05) is 0 Å². The van der Waals surface area contributed by atoms with Gasteiger partial charge in [-0.25, -0.2) is 4.98 Å². The molecule has 2 aromatic heterocycles. The summed E-state index contributed by atoms with van der Waals surface area (Å²) in [6, 6.07) is 3.88. The van der Waals surface area contributed by atoms with Gasteiger partial charge >= 0.3 is 0 Å². The van der Waals surface area contributed by atoms with Crippen LogP contribution in [0.5, 0.6) is 0 Å². The molecule has 2 aromatic rings. The van der Waals surface area contributed by atoms with E-state index in [9.17, 15) is 4.79 Å². The Kier molecular flexibility index (Phi) is 3.21. The van der Waals surface area contributed by atoms with E-state index in [0.717, 1.165) is 23.1 Å². The first kappa shape index (κ1) is 12.2. The highest BCUT2D eigenvalue weighted by molar-refractivity contribution is 5.83. The lowest BCUT2D eigenvalue weighted by molar-refractivity contribution is -0.121. The van der Waals surface area contributed by atoms with Crippen molar-refractivity contribution in [1.82, 2.24) is 14.9 Å². The number of rotatable bonds is 5. The lowest BCUT2D eigenvalue weighted by atomic mass is 10.2. The highest BCUT2D eigenvalue weighted by Gasteiger charge is 2.21. The largest absolute Gasteiger partial charge is 0.354 e. The number of nitrogens with one attached hydrogen (secondary N) is 1. The molecule has 0 aromatic carbocycles. The predicted octanol–water partition coefficient (Wildman–Crippen LogP) is 1.02. The van der Waals surface area contributed by atoms with Gasteiger partial charge in [0.25, 0.3) is 0 Å². The second-order valence-electron chi connectivity index (χ2n) is 5.11. The summed E-state index contributed by atoms with van der Waals surface area (Å²) in [7, 11) is 0. The second kappa shape index (κ2) is 5.01. The molecule has 0 radical (unpaired) electrons. The molecule has 5 heteroatoms. The lowest BCUT2D eigenvalue weighted by Gasteiger charge is -2.05. The van der Waals surface area contributed by atoms with Gasteiger partial charge in [-0.15, -0.1) is 0 Å². The number of amides is 1. The molecule has 1 fully saturated rings. The maximum Gasteiger partial charge on any atom is 0.240 e. The van der Waals surface area contributed by atoms with Crippen molar-refractivity contribution in [2.24, 2.45) is 11.7 Å². The van der Waals surface area contributed by atoms with E-state index in [4.69, 9.17) is 5.73 Å². The van der Waals surface area contributed by atoms with E-state index < -0.39 is 0 Å². The molecule has 19 heavy (non-hydrogen) atoms. The van der Waals surface area contributed by atoms with Crippen LogP contribution in [0.4, 0.5) is 0 Å². The van der Waals surface area contributed by atoms with E-state index in [0.29, 0.717) is 19.0 Å². The van der Waals surface area contributed by atoms with Crippen molar-refractivity contribution in [3.8, 4) is 0 Å². The monoisotopic (exact) mass is 258 g/mol. The van der Waals surface area contributed by atoms with Crippen molar-refractivity contribution < 1.29 is 4.79 Å². The molecule has 3 rings (SSSR count). The number of aromatic nitrogens is 2. The number of carbonyl (C=O) groups excluding carboxylic acids is 1. The third-order valence-corrected chi connectivity index (χ3v) is 3.54. The Labute approximate surface area is 111 Å². The molecule has 0 unspecified atom stereocenters. The van der Waals surface area contributed by atoms with E-state index in [2.05, 4.69) is 10.3 Å². The molecule has 1 amide bonds. The molecule has 1 aliphatic rings. The Hall–Kier alpha value is -1.88. The van der Waals surface area contributed by atoms with Gasteiger partial charge in [0.15, 0.2) is 0 Å². The van der Waals surface area contributed by atoms with Gasteiger partial charge in [0.2, 0.25) is 5.91 Å². The first-order valence-corrected chi connectivity index (χ1v) is 6.67. The number of hydrogen-bond acceptors (Lipinski definition) is 3. The summed E-state index contributed by atoms with van der Waals surface area (Å²) in [5.41, 5.74) is 7.57. The zero-order valence-corrected chi connectivity index (χ0v) is 10.8. The van der Waals surface area contributed by atoms with Crippen LogP contribution in [0, 0.1) is 5.92 Å². The average molecular weight is 258 g/mol. The number of nitrogens with two attached hydrogens (primary N) is 1. The second-order valence-corrected chi connectivity index (χ2v) is 5.11. The zero-order valence-electron chi connectivity index (χ0n) is 10.8. The Bertz CT molecular complexity index is 601. The smallest absolute Gasteiger partial charge is 0.240 e. The number of fused-ring (bicyclic) bond motifs is 1. The first-order valence-electron chi connectivity index (χ1n) is 6.67. The molecule has 0 bridgehead atoms. The minimum Gasteiger partial charge on any atom is -0.354 e. The number of pyridine rings is 1. The third-order valence-electron chi connectivity index (χ3n) is 3.54. The molecule has 0 spiro atoms. The summed E-state index contributed by atoms with van der Waals surface area (Å²) < 4.78 is 1.87. The zero-order chi connectivity index (χ0) is 13.2. The normalized spacial score (nSPS) is 14.8. The van der Waals surface area contributed by atoms with Gasteiger partial charge in [0.05, 0.1) is 0 Å². The molecule has 3 N–H and O–H groups in total. The van der Waals surface area contributed by atoms with Crippen LogP contribution < -0.4 is 11.1 Å².